The van der Waals surface area contributed by atoms with Crippen LogP contribution in [0.5, 0.6) is 0 Å². The van der Waals surface area contributed by atoms with Gasteiger partial charge in [-0.15, -0.1) is 0 Å². The highest BCUT2D eigenvalue weighted by atomic mass is 16.4. The van der Waals surface area contributed by atoms with Crippen LogP contribution in [0.1, 0.15) is 24.1 Å². The van der Waals surface area contributed by atoms with Gasteiger partial charge >= 0.3 is 12.0 Å². The molecule has 0 bridgehead atoms. The number of hydrogen-bond donors (Lipinski definition) is 3. The predicted molar refractivity (Wildman–Crippen MR) is 94.3 cm³/mol. The van der Waals surface area contributed by atoms with E-state index in [0.29, 0.717) is 25.8 Å². The smallest absolute Gasteiger partial charge is 0.315 e. The topological polar surface area (TPSA) is 96.3 Å². The highest BCUT2D eigenvalue weighted by Gasteiger charge is 2.14. The van der Waals surface area contributed by atoms with E-state index in [2.05, 4.69) is 15.6 Å². The molecule has 0 spiro atoms. The zero-order valence-corrected chi connectivity index (χ0v) is 14.3. The summed E-state index contributed by atoms with van der Waals surface area (Å²) in [5.74, 6) is -0.865. The van der Waals surface area contributed by atoms with Gasteiger partial charge in [0.2, 0.25) is 0 Å². The van der Waals surface area contributed by atoms with Crippen molar-refractivity contribution in [3.05, 3.63) is 54.1 Å². The molecule has 1 unspecified atom stereocenters. The number of hydrogen-bond acceptors (Lipinski definition) is 3. The van der Waals surface area contributed by atoms with Crippen LogP contribution in [0.4, 0.5) is 4.79 Å². The van der Waals surface area contributed by atoms with Gasteiger partial charge in [0.15, 0.2) is 0 Å². The van der Waals surface area contributed by atoms with Crippen molar-refractivity contribution in [2.24, 2.45) is 7.05 Å². The lowest BCUT2D eigenvalue weighted by Gasteiger charge is -2.18. The summed E-state index contributed by atoms with van der Waals surface area (Å²) in [4.78, 5) is 27.1. The maximum atomic E-state index is 12.1. The quantitative estimate of drug-likeness (QED) is 0.645. The van der Waals surface area contributed by atoms with E-state index in [0.717, 1.165) is 11.3 Å². The van der Waals surface area contributed by atoms with Gasteiger partial charge in [-0.2, -0.15) is 0 Å². The summed E-state index contributed by atoms with van der Waals surface area (Å²) in [6.07, 6.45) is 5.28. The second-order valence-corrected chi connectivity index (χ2v) is 6.00. The van der Waals surface area contributed by atoms with Crippen molar-refractivity contribution in [1.82, 2.24) is 20.2 Å². The van der Waals surface area contributed by atoms with Crippen LogP contribution in [0.15, 0.2) is 42.9 Å². The number of imidazole rings is 1. The number of carboxylic acid groups (broad SMARTS) is 1. The van der Waals surface area contributed by atoms with Crippen LogP contribution in [-0.4, -0.2) is 39.2 Å². The van der Waals surface area contributed by atoms with Crippen LogP contribution in [0, 0.1) is 0 Å². The summed E-state index contributed by atoms with van der Waals surface area (Å²) in [7, 11) is 1.90. The Balaban J connectivity index is 1.81. The molecule has 134 valence electrons. The minimum absolute atomic E-state index is 0.0196. The fourth-order valence-corrected chi connectivity index (χ4v) is 2.56. The van der Waals surface area contributed by atoms with Crippen LogP contribution in [0.25, 0.3) is 0 Å². The Kier molecular flexibility index (Phi) is 7.00. The molecule has 2 amide bonds. The van der Waals surface area contributed by atoms with Crippen LogP contribution in [0.3, 0.4) is 0 Å². The fourth-order valence-electron chi connectivity index (χ4n) is 2.56. The van der Waals surface area contributed by atoms with Crippen molar-refractivity contribution in [3.63, 3.8) is 0 Å². The van der Waals surface area contributed by atoms with Gasteiger partial charge in [-0.25, -0.2) is 9.78 Å². The molecule has 2 rings (SSSR count). The number of aliphatic carboxylic acids is 1. The number of benzene rings is 1. The first-order chi connectivity index (χ1) is 12.0. The minimum atomic E-state index is -0.865. The summed E-state index contributed by atoms with van der Waals surface area (Å²) in [6.45, 7) is 0.472. The van der Waals surface area contributed by atoms with E-state index in [-0.39, 0.29) is 18.5 Å². The number of carboxylic acids is 1. The first kappa shape index (κ1) is 18.5. The van der Waals surface area contributed by atoms with Crippen molar-refractivity contribution in [2.45, 2.75) is 31.7 Å². The number of carbonyl (C=O) groups is 2. The Labute approximate surface area is 147 Å². The van der Waals surface area contributed by atoms with E-state index in [9.17, 15) is 9.59 Å². The van der Waals surface area contributed by atoms with E-state index < -0.39 is 5.97 Å². The van der Waals surface area contributed by atoms with E-state index in [1.54, 1.807) is 6.33 Å². The SMILES string of the molecule is Cn1cnc(CCNC(=O)NC(CCC(=O)O)Cc2ccccc2)c1. The molecule has 0 saturated heterocycles. The molecule has 3 N–H and O–H groups in total. The molecular weight excluding hydrogens is 320 g/mol. The summed E-state index contributed by atoms with van der Waals surface area (Å²) < 4.78 is 1.86. The van der Waals surface area contributed by atoms with Crippen molar-refractivity contribution in [1.29, 1.82) is 0 Å². The summed E-state index contributed by atoms with van der Waals surface area (Å²) in [5, 5.41) is 14.6. The molecule has 0 radical (unpaired) electrons. The number of nitrogens with zero attached hydrogens (tertiary/aromatic N) is 2. The number of urea groups is 1. The molecule has 0 fully saturated rings. The van der Waals surface area contributed by atoms with E-state index in [1.807, 2.05) is 48.1 Å². The summed E-state index contributed by atoms with van der Waals surface area (Å²) in [5.41, 5.74) is 1.97. The lowest BCUT2D eigenvalue weighted by molar-refractivity contribution is -0.137. The molecular formula is C18H24N4O3. The first-order valence-corrected chi connectivity index (χ1v) is 8.30. The van der Waals surface area contributed by atoms with Crippen molar-refractivity contribution < 1.29 is 14.7 Å². The average Bonchev–Trinajstić information content (AvgIpc) is 2.99. The minimum Gasteiger partial charge on any atom is -0.481 e. The highest BCUT2D eigenvalue weighted by molar-refractivity contribution is 5.74. The third-order valence-electron chi connectivity index (χ3n) is 3.79. The van der Waals surface area contributed by atoms with Crippen molar-refractivity contribution >= 4 is 12.0 Å². The van der Waals surface area contributed by atoms with E-state index >= 15 is 0 Å². The Morgan fingerprint density at radius 3 is 2.68 bits per heavy atom. The fraction of sp³-hybridized carbons (Fsp3) is 0.389. The van der Waals surface area contributed by atoms with Gasteiger partial charge in [-0.1, -0.05) is 30.3 Å². The Hall–Kier alpha value is -2.83. The average molecular weight is 344 g/mol. The molecule has 0 saturated carbocycles. The van der Waals surface area contributed by atoms with Gasteiger partial charge in [0, 0.05) is 38.7 Å². The maximum absolute atomic E-state index is 12.1. The van der Waals surface area contributed by atoms with Gasteiger partial charge in [0.25, 0.3) is 0 Å². The molecule has 1 aromatic carbocycles. The molecule has 1 aromatic heterocycles. The summed E-state index contributed by atoms with van der Waals surface area (Å²) in [6, 6.07) is 9.19. The van der Waals surface area contributed by atoms with Gasteiger partial charge in [-0.3, -0.25) is 4.79 Å². The molecule has 1 heterocycles. The second kappa shape index (κ2) is 9.46. The Bertz CT molecular complexity index is 685. The lowest BCUT2D eigenvalue weighted by atomic mass is 10.0. The highest BCUT2D eigenvalue weighted by Crippen LogP contribution is 2.08. The zero-order chi connectivity index (χ0) is 18.1. The number of rotatable bonds is 9. The molecule has 0 aliphatic rings. The van der Waals surface area contributed by atoms with Gasteiger partial charge in [0.1, 0.15) is 0 Å². The lowest BCUT2D eigenvalue weighted by Crippen LogP contribution is -2.44. The third kappa shape index (κ3) is 7.07. The number of nitrogens with one attached hydrogen (secondary N) is 2. The van der Waals surface area contributed by atoms with Crippen molar-refractivity contribution in [3.8, 4) is 0 Å². The maximum Gasteiger partial charge on any atom is 0.315 e. The molecule has 25 heavy (non-hydrogen) atoms. The number of aromatic nitrogens is 2. The number of carbonyl (C=O) groups excluding carboxylic acids is 1. The molecule has 7 nitrogen and oxygen atoms in total. The van der Waals surface area contributed by atoms with E-state index in [1.165, 1.54) is 0 Å². The van der Waals surface area contributed by atoms with Crippen molar-refractivity contribution in [2.75, 3.05) is 6.54 Å². The molecule has 7 heteroatoms. The normalized spacial score (nSPS) is 11.7. The second-order valence-electron chi connectivity index (χ2n) is 6.00. The third-order valence-corrected chi connectivity index (χ3v) is 3.79. The molecule has 0 aliphatic heterocycles. The predicted octanol–water partition coefficient (Wildman–Crippen LogP) is 1.74. The van der Waals surface area contributed by atoms with E-state index in [4.69, 9.17) is 5.11 Å². The van der Waals surface area contributed by atoms with Crippen LogP contribution in [-0.2, 0) is 24.7 Å². The van der Waals surface area contributed by atoms with Crippen LogP contribution in [0.2, 0.25) is 0 Å². The zero-order valence-electron chi connectivity index (χ0n) is 14.3. The van der Waals surface area contributed by atoms with Gasteiger partial charge < -0.3 is 20.3 Å². The number of aryl methyl sites for hydroxylation is 1. The van der Waals surface area contributed by atoms with Crippen LogP contribution < -0.4 is 10.6 Å². The molecule has 1 atom stereocenters. The first-order valence-electron chi connectivity index (χ1n) is 8.30. The Morgan fingerprint density at radius 1 is 1.28 bits per heavy atom. The standard InChI is InChI=1S/C18H24N4O3/c1-22-12-16(20-13-22)9-10-19-18(25)21-15(7-8-17(23)24)11-14-5-3-2-4-6-14/h2-6,12-13,15H,7-11H2,1H3,(H,23,24)(H2,19,21,25). The largest absolute Gasteiger partial charge is 0.481 e. The number of amides is 2. The monoisotopic (exact) mass is 344 g/mol. The Morgan fingerprint density at radius 2 is 2.04 bits per heavy atom. The summed E-state index contributed by atoms with van der Waals surface area (Å²) >= 11 is 0. The van der Waals surface area contributed by atoms with Gasteiger partial charge in [-0.05, 0) is 18.4 Å². The van der Waals surface area contributed by atoms with Gasteiger partial charge in [0.05, 0.1) is 12.0 Å². The van der Waals surface area contributed by atoms with Crippen LogP contribution >= 0.6 is 0 Å². The molecule has 2 aromatic rings. The molecule has 0 aliphatic carbocycles.